The summed E-state index contributed by atoms with van der Waals surface area (Å²) in [6, 6.07) is 9.92. The van der Waals surface area contributed by atoms with E-state index in [1.807, 2.05) is 24.3 Å². The summed E-state index contributed by atoms with van der Waals surface area (Å²) in [7, 11) is 1.65. The fourth-order valence-electron chi connectivity index (χ4n) is 2.01. The van der Waals surface area contributed by atoms with Crippen LogP contribution in [0.3, 0.4) is 0 Å². The van der Waals surface area contributed by atoms with Crippen LogP contribution in [0.4, 0.5) is 5.69 Å². The van der Waals surface area contributed by atoms with Gasteiger partial charge in [-0.2, -0.15) is 5.26 Å². The van der Waals surface area contributed by atoms with Crippen LogP contribution in [0, 0.1) is 11.3 Å². The Kier molecular flexibility index (Phi) is 7.50. The molecule has 0 amide bonds. The van der Waals surface area contributed by atoms with E-state index in [1.165, 1.54) is 25.7 Å². The number of rotatable bonds is 9. The van der Waals surface area contributed by atoms with Crippen LogP contribution in [-0.4, -0.2) is 13.2 Å². The summed E-state index contributed by atoms with van der Waals surface area (Å²) < 4.78 is 5.11. The molecule has 0 radical (unpaired) electrons. The lowest BCUT2D eigenvalue weighted by atomic mass is 10.1. The van der Waals surface area contributed by atoms with Crippen molar-refractivity contribution >= 4 is 5.69 Å². The van der Waals surface area contributed by atoms with Crippen molar-refractivity contribution in [3.63, 3.8) is 0 Å². The Labute approximate surface area is 116 Å². The summed E-state index contributed by atoms with van der Waals surface area (Å²) in [5, 5.41) is 12.4. The van der Waals surface area contributed by atoms with Gasteiger partial charge >= 0.3 is 0 Å². The van der Waals surface area contributed by atoms with Gasteiger partial charge in [0, 0.05) is 5.69 Å². The predicted molar refractivity (Wildman–Crippen MR) is 79.4 cm³/mol. The van der Waals surface area contributed by atoms with Crippen molar-refractivity contribution < 1.29 is 4.74 Å². The van der Waals surface area contributed by atoms with Gasteiger partial charge in [0.25, 0.3) is 0 Å². The zero-order chi connectivity index (χ0) is 13.9. The van der Waals surface area contributed by atoms with E-state index in [-0.39, 0.29) is 6.04 Å². The Morgan fingerprint density at radius 1 is 1.16 bits per heavy atom. The second kappa shape index (κ2) is 9.27. The van der Waals surface area contributed by atoms with Crippen molar-refractivity contribution in [3.8, 4) is 11.8 Å². The monoisotopic (exact) mass is 260 g/mol. The Hall–Kier alpha value is -1.69. The third kappa shape index (κ3) is 6.15. The summed E-state index contributed by atoms with van der Waals surface area (Å²) in [5.74, 6) is 0.832. The maximum Gasteiger partial charge on any atom is 0.119 e. The van der Waals surface area contributed by atoms with Gasteiger partial charge in [0.15, 0.2) is 0 Å². The highest BCUT2D eigenvalue weighted by molar-refractivity contribution is 5.48. The van der Waals surface area contributed by atoms with Crippen LogP contribution >= 0.6 is 0 Å². The Morgan fingerprint density at radius 2 is 1.84 bits per heavy atom. The van der Waals surface area contributed by atoms with Crippen molar-refractivity contribution in [3.05, 3.63) is 24.3 Å². The molecule has 0 aliphatic rings. The fourth-order valence-corrected chi connectivity index (χ4v) is 2.01. The average Bonchev–Trinajstić information content (AvgIpc) is 2.46. The fraction of sp³-hybridized carbons (Fsp3) is 0.562. The number of benzene rings is 1. The van der Waals surface area contributed by atoms with E-state index in [4.69, 9.17) is 10.00 Å². The average molecular weight is 260 g/mol. The molecule has 0 aromatic heterocycles. The van der Waals surface area contributed by atoms with Gasteiger partial charge in [-0.05, 0) is 30.7 Å². The van der Waals surface area contributed by atoms with Crippen LogP contribution < -0.4 is 10.1 Å². The highest BCUT2D eigenvalue weighted by atomic mass is 16.5. The van der Waals surface area contributed by atoms with Gasteiger partial charge in [0.2, 0.25) is 0 Å². The van der Waals surface area contributed by atoms with E-state index in [2.05, 4.69) is 18.3 Å². The molecule has 0 saturated heterocycles. The molecule has 1 rings (SSSR count). The predicted octanol–water partition coefficient (Wildman–Crippen LogP) is 4.36. The molecular formula is C16H24N2O. The molecule has 0 saturated carbocycles. The second-order valence-electron chi connectivity index (χ2n) is 4.76. The highest BCUT2D eigenvalue weighted by Crippen LogP contribution is 2.17. The van der Waals surface area contributed by atoms with Gasteiger partial charge in [-0.3, -0.25) is 0 Å². The molecule has 0 aliphatic heterocycles. The van der Waals surface area contributed by atoms with Gasteiger partial charge in [0.05, 0.1) is 13.2 Å². The topological polar surface area (TPSA) is 45.0 Å². The Morgan fingerprint density at radius 3 is 2.42 bits per heavy atom. The SMILES string of the molecule is CCCCCCCC(C#N)Nc1ccc(OC)cc1. The molecule has 0 fully saturated rings. The molecule has 0 aliphatic carbocycles. The van der Waals surface area contributed by atoms with E-state index in [1.54, 1.807) is 7.11 Å². The molecule has 0 bridgehead atoms. The summed E-state index contributed by atoms with van der Waals surface area (Å²) in [5.41, 5.74) is 0.973. The molecule has 1 aromatic rings. The van der Waals surface area contributed by atoms with Crippen LogP contribution in [0.5, 0.6) is 5.75 Å². The molecule has 19 heavy (non-hydrogen) atoms. The Bertz CT molecular complexity index is 381. The van der Waals surface area contributed by atoms with E-state index in [0.717, 1.165) is 24.3 Å². The van der Waals surface area contributed by atoms with Crippen LogP contribution in [0.1, 0.15) is 45.4 Å². The minimum absolute atomic E-state index is 0.102. The van der Waals surface area contributed by atoms with Crippen LogP contribution in [0.2, 0.25) is 0 Å². The van der Waals surface area contributed by atoms with Crippen molar-refractivity contribution in [2.24, 2.45) is 0 Å². The minimum Gasteiger partial charge on any atom is -0.497 e. The van der Waals surface area contributed by atoms with Crippen molar-refractivity contribution in [2.75, 3.05) is 12.4 Å². The van der Waals surface area contributed by atoms with Gasteiger partial charge < -0.3 is 10.1 Å². The number of unbranched alkanes of at least 4 members (excludes halogenated alkanes) is 4. The number of anilines is 1. The molecule has 1 N–H and O–H groups in total. The van der Waals surface area contributed by atoms with Crippen molar-refractivity contribution in [1.82, 2.24) is 0 Å². The maximum atomic E-state index is 9.15. The third-order valence-corrected chi connectivity index (χ3v) is 3.18. The molecule has 3 nitrogen and oxygen atoms in total. The molecule has 1 atom stereocenters. The number of nitrogens with zero attached hydrogens (tertiary/aromatic N) is 1. The number of ether oxygens (including phenoxy) is 1. The van der Waals surface area contributed by atoms with Crippen LogP contribution in [0.15, 0.2) is 24.3 Å². The highest BCUT2D eigenvalue weighted by Gasteiger charge is 2.06. The largest absolute Gasteiger partial charge is 0.497 e. The smallest absolute Gasteiger partial charge is 0.119 e. The summed E-state index contributed by atoms with van der Waals surface area (Å²) in [4.78, 5) is 0. The molecule has 1 aromatic carbocycles. The number of hydrogen-bond donors (Lipinski definition) is 1. The molecule has 1 unspecified atom stereocenters. The third-order valence-electron chi connectivity index (χ3n) is 3.18. The van der Waals surface area contributed by atoms with Crippen LogP contribution in [0.25, 0.3) is 0 Å². The first-order chi connectivity index (χ1) is 9.30. The normalized spacial score (nSPS) is 11.6. The summed E-state index contributed by atoms with van der Waals surface area (Å²) >= 11 is 0. The molecular weight excluding hydrogens is 236 g/mol. The lowest BCUT2D eigenvalue weighted by Gasteiger charge is -2.13. The van der Waals surface area contributed by atoms with E-state index in [0.29, 0.717) is 0 Å². The molecule has 3 heteroatoms. The number of methoxy groups -OCH3 is 1. The first kappa shape index (κ1) is 15.4. The first-order valence-corrected chi connectivity index (χ1v) is 7.10. The zero-order valence-corrected chi connectivity index (χ0v) is 12.0. The van der Waals surface area contributed by atoms with Crippen molar-refractivity contribution in [1.29, 1.82) is 5.26 Å². The number of hydrogen-bond acceptors (Lipinski definition) is 3. The van der Waals surface area contributed by atoms with E-state index in [9.17, 15) is 0 Å². The lowest BCUT2D eigenvalue weighted by molar-refractivity contribution is 0.415. The zero-order valence-electron chi connectivity index (χ0n) is 12.0. The van der Waals surface area contributed by atoms with Gasteiger partial charge in [0.1, 0.15) is 11.8 Å². The number of nitriles is 1. The second-order valence-corrected chi connectivity index (χ2v) is 4.76. The van der Waals surface area contributed by atoms with Gasteiger partial charge in [-0.1, -0.05) is 39.0 Å². The quantitative estimate of drug-likeness (QED) is 0.671. The Balaban J connectivity index is 2.33. The van der Waals surface area contributed by atoms with E-state index >= 15 is 0 Å². The first-order valence-electron chi connectivity index (χ1n) is 7.10. The molecule has 0 heterocycles. The van der Waals surface area contributed by atoms with Crippen molar-refractivity contribution in [2.45, 2.75) is 51.5 Å². The molecule has 0 spiro atoms. The summed E-state index contributed by atoms with van der Waals surface area (Å²) in [6.45, 7) is 2.21. The van der Waals surface area contributed by atoms with E-state index < -0.39 is 0 Å². The van der Waals surface area contributed by atoms with Gasteiger partial charge in [-0.15, -0.1) is 0 Å². The minimum atomic E-state index is -0.102. The maximum absolute atomic E-state index is 9.15. The lowest BCUT2D eigenvalue weighted by Crippen LogP contribution is -2.16. The number of nitrogens with one attached hydrogen (secondary N) is 1. The van der Waals surface area contributed by atoms with Gasteiger partial charge in [-0.25, -0.2) is 0 Å². The molecule has 104 valence electrons. The van der Waals surface area contributed by atoms with Crippen LogP contribution in [-0.2, 0) is 0 Å². The summed E-state index contributed by atoms with van der Waals surface area (Å²) in [6.07, 6.45) is 7.07. The standard InChI is InChI=1S/C16H24N2O/c1-3-4-5-6-7-8-15(13-17)18-14-9-11-16(19-2)12-10-14/h9-12,15,18H,3-8H2,1-2H3.